The predicted octanol–water partition coefficient (Wildman–Crippen LogP) is 3.69. The fraction of sp³-hybridized carbons (Fsp3) is 0.182. The van der Waals surface area contributed by atoms with E-state index in [1.165, 1.54) is 6.20 Å². The van der Waals surface area contributed by atoms with Gasteiger partial charge in [-0.1, -0.05) is 12.1 Å². The summed E-state index contributed by atoms with van der Waals surface area (Å²) in [6, 6.07) is 11.1. The van der Waals surface area contributed by atoms with Crippen molar-refractivity contribution in [2.24, 2.45) is 0 Å². The molecule has 0 saturated carbocycles. The fourth-order valence-electron chi connectivity index (χ4n) is 3.53. The molecule has 0 aliphatic heterocycles. The lowest BCUT2D eigenvalue weighted by molar-refractivity contribution is 0.653. The minimum atomic E-state index is -0.386. The van der Waals surface area contributed by atoms with Crippen LogP contribution in [-0.4, -0.2) is 40.6 Å². The molecule has 0 amide bonds. The van der Waals surface area contributed by atoms with Crippen LogP contribution in [0, 0.1) is 6.92 Å². The average molecular weight is 445 g/mol. The molecular weight excluding hydrogens is 424 g/mol. The summed E-state index contributed by atoms with van der Waals surface area (Å²) < 4.78 is 3.49. The summed E-state index contributed by atoms with van der Waals surface area (Å²) in [4.78, 5) is 27.0. The van der Waals surface area contributed by atoms with Gasteiger partial charge in [0.15, 0.2) is 11.5 Å². The molecule has 0 atom stereocenters. The SMILES string of the molecule is CCn1cc(-c2nc3c4cccc(SC)c4nc(Nc4ccccnc4=O)n3n2)c(C)n1. The largest absolute Gasteiger partial charge is 0.319 e. The van der Waals surface area contributed by atoms with Gasteiger partial charge in [-0.3, -0.25) is 9.48 Å². The lowest BCUT2D eigenvalue weighted by Gasteiger charge is -2.09. The Balaban J connectivity index is 1.79. The standard InChI is InChI=1S/C22H20N8OS/c1-4-29-12-15(13(2)27-29)19-26-20-14-8-7-10-17(32-3)18(14)25-22(30(20)28-19)24-16-9-5-6-11-23-21(16)31/h5-12H,4H2,1-3H3,(H,23,24,25,31). The van der Waals surface area contributed by atoms with E-state index in [0.717, 1.165) is 33.6 Å². The molecule has 0 aliphatic rings. The quantitative estimate of drug-likeness (QED) is 0.410. The van der Waals surface area contributed by atoms with Crippen molar-refractivity contribution in [3.8, 4) is 11.4 Å². The lowest BCUT2D eigenvalue weighted by Crippen LogP contribution is -2.11. The van der Waals surface area contributed by atoms with E-state index in [1.54, 1.807) is 34.5 Å². The summed E-state index contributed by atoms with van der Waals surface area (Å²) in [6.07, 6.45) is 5.41. The Kier molecular flexibility index (Phi) is 5.06. The first kappa shape index (κ1) is 20.1. The number of hydrogen-bond donors (Lipinski definition) is 1. The molecule has 32 heavy (non-hydrogen) atoms. The highest BCUT2D eigenvalue weighted by Crippen LogP contribution is 2.31. The molecule has 4 heterocycles. The van der Waals surface area contributed by atoms with Crippen LogP contribution in [0.25, 0.3) is 27.9 Å². The van der Waals surface area contributed by atoms with Gasteiger partial charge in [-0.2, -0.15) is 9.61 Å². The van der Waals surface area contributed by atoms with Gasteiger partial charge in [-0.25, -0.2) is 15.0 Å². The number of nitrogens with one attached hydrogen (secondary N) is 1. The summed E-state index contributed by atoms with van der Waals surface area (Å²) in [7, 11) is 0. The van der Waals surface area contributed by atoms with Gasteiger partial charge in [-0.05, 0) is 44.4 Å². The van der Waals surface area contributed by atoms with E-state index in [-0.39, 0.29) is 5.56 Å². The maximum absolute atomic E-state index is 12.4. The van der Waals surface area contributed by atoms with Gasteiger partial charge in [0.1, 0.15) is 5.69 Å². The van der Waals surface area contributed by atoms with Gasteiger partial charge in [0, 0.05) is 29.2 Å². The van der Waals surface area contributed by atoms with E-state index in [2.05, 4.69) is 15.4 Å². The van der Waals surface area contributed by atoms with E-state index in [4.69, 9.17) is 15.1 Å². The number of para-hydroxylation sites is 1. The summed E-state index contributed by atoms with van der Waals surface area (Å²) in [5.74, 6) is 0.937. The van der Waals surface area contributed by atoms with E-state index >= 15 is 0 Å². The highest BCUT2D eigenvalue weighted by Gasteiger charge is 2.19. The smallest absolute Gasteiger partial charge is 0.293 e. The Bertz CT molecular complexity index is 1520. The summed E-state index contributed by atoms with van der Waals surface area (Å²) >= 11 is 1.60. The number of hydrogen-bond acceptors (Lipinski definition) is 8. The Morgan fingerprint density at radius 1 is 1.09 bits per heavy atom. The first-order valence-corrected chi connectivity index (χ1v) is 11.3. The molecule has 0 aliphatic carbocycles. The Morgan fingerprint density at radius 2 is 1.97 bits per heavy atom. The minimum Gasteiger partial charge on any atom is -0.319 e. The van der Waals surface area contributed by atoms with Gasteiger partial charge in [0.05, 0.1) is 16.8 Å². The summed E-state index contributed by atoms with van der Waals surface area (Å²) in [6.45, 7) is 4.73. The molecule has 160 valence electrons. The number of anilines is 2. The number of nitrogens with zero attached hydrogens (tertiary/aromatic N) is 7. The third kappa shape index (κ3) is 3.38. The van der Waals surface area contributed by atoms with Crippen LogP contribution in [0.2, 0.25) is 0 Å². The number of benzene rings is 1. The van der Waals surface area contributed by atoms with Crippen molar-refractivity contribution in [1.29, 1.82) is 0 Å². The first-order valence-electron chi connectivity index (χ1n) is 10.1. The Labute approximate surface area is 187 Å². The van der Waals surface area contributed by atoms with Crippen molar-refractivity contribution >= 4 is 39.9 Å². The molecule has 0 saturated heterocycles. The lowest BCUT2D eigenvalue weighted by atomic mass is 10.2. The van der Waals surface area contributed by atoms with Crippen LogP contribution in [0.3, 0.4) is 0 Å². The molecular formula is C22H20N8OS. The zero-order chi connectivity index (χ0) is 22.2. The van der Waals surface area contributed by atoms with Crippen molar-refractivity contribution < 1.29 is 0 Å². The second kappa shape index (κ2) is 8.04. The third-order valence-corrected chi connectivity index (χ3v) is 5.89. The number of aromatic nitrogens is 7. The van der Waals surface area contributed by atoms with Gasteiger partial charge in [-0.15, -0.1) is 16.9 Å². The molecule has 0 bridgehead atoms. The van der Waals surface area contributed by atoms with Crippen LogP contribution >= 0.6 is 11.8 Å². The van der Waals surface area contributed by atoms with Crippen molar-refractivity contribution in [3.63, 3.8) is 0 Å². The monoisotopic (exact) mass is 444 g/mol. The molecule has 0 unspecified atom stereocenters. The second-order valence-electron chi connectivity index (χ2n) is 7.12. The number of fused-ring (bicyclic) bond motifs is 3. The van der Waals surface area contributed by atoms with Crippen molar-refractivity contribution in [2.45, 2.75) is 25.3 Å². The van der Waals surface area contributed by atoms with Crippen molar-refractivity contribution in [2.75, 3.05) is 11.6 Å². The number of aryl methyl sites for hydroxylation is 2. The van der Waals surface area contributed by atoms with E-state index in [1.807, 2.05) is 49.2 Å². The maximum atomic E-state index is 12.4. The third-order valence-electron chi connectivity index (χ3n) is 5.13. The van der Waals surface area contributed by atoms with Gasteiger partial charge < -0.3 is 5.32 Å². The zero-order valence-electron chi connectivity index (χ0n) is 17.8. The second-order valence-corrected chi connectivity index (χ2v) is 7.97. The van der Waals surface area contributed by atoms with Gasteiger partial charge in [0.25, 0.3) is 5.56 Å². The van der Waals surface area contributed by atoms with Crippen LogP contribution in [0.5, 0.6) is 0 Å². The highest BCUT2D eigenvalue weighted by atomic mass is 32.2. The highest BCUT2D eigenvalue weighted by molar-refractivity contribution is 7.98. The molecule has 0 radical (unpaired) electrons. The Hall–Kier alpha value is -3.79. The Morgan fingerprint density at radius 3 is 2.75 bits per heavy atom. The van der Waals surface area contributed by atoms with Crippen LogP contribution in [0.1, 0.15) is 12.6 Å². The average Bonchev–Trinajstić information content (AvgIpc) is 3.35. The zero-order valence-corrected chi connectivity index (χ0v) is 18.6. The molecule has 4 aromatic heterocycles. The van der Waals surface area contributed by atoms with E-state index in [9.17, 15) is 4.79 Å². The normalized spacial score (nSPS) is 11.3. The minimum absolute atomic E-state index is 0.303. The topological polar surface area (TPSA) is 103 Å². The van der Waals surface area contributed by atoms with Crippen LogP contribution in [0.15, 0.2) is 58.5 Å². The van der Waals surface area contributed by atoms with Gasteiger partial charge in [0.2, 0.25) is 5.95 Å². The van der Waals surface area contributed by atoms with E-state index in [0.29, 0.717) is 23.1 Å². The maximum Gasteiger partial charge on any atom is 0.293 e. The van der Waals surface area contributed by atoms with E-state index < -0.39 is 0 Å². The van der Waals surface area contributed by atoms with Crippen LogP contribution in [0.4, 0.5) is 11.6 Å². The number of thioether (sulfide) groups is 1. The fourth-order valence-corrected chi connectivity index (χ4v) is 4.10. The molecule has 9 nitrogen and oxygen atoms in total. The van der Waals surface area contributed by atoms with Crippen LogP contribution < -0.4 is 10.9 Å². The molecule has 5 rings (SSSR count). The van der Waals surface area contributed by atoms with Crippen molar-refractivity contribution in [3.05, 3.63) is 64.8 Å². The first-order chi connectivity index (χ1) is 15.6. The molecule has 5 aromatic rings. The number of rotatable bonds is 5. The summed E-state index contributed by atoms with van der Waals surface area (Å²) in [5.41, 5.74) is 3.05. The molecule has 1 N–H and O–H groups in total. The molecule has 0 spiro atoms. The van der Waals surface area contributed by atoms with Crippen molar-refractivity contribution in [1.82, 2.24) is 34.3 Å². The predicted molar refractivity (Wildman–Crippen MR) is 125 cm³/mol. The van der Waals surface area contributed by atoms with Gasteiger partial charge >= 0.3 is 0 Å². The summed E-state index contributed by atoms with van der Waals surface area (Å²) in [5, 5.41) is 13.2. The molecule has 0 fully saturated rings. The molecule has 1 aromatic carbocycles. The molecule has 10 heteroatoms. The van der Waals surface area contributed by atoms with Crippen LogP contribution in [-0.2, 0) is 6.54 Å².